The Kier molecular flexibility index (Phi) is 5.07. The number of nitrogens with one attached hydrogen (secondary N) is 1. The number of aromatic nitrogens is 1. The van der Waals surface area contributed by atoms with Crippen molar-refractivity contribution in [2.24, 2.45) is 0 Å². The number of carbonyl (C=O) groups excluding carboxylic acids is 1. The molecule has 2 aliphatic rings. The van der Waals surface area contributed by atoms with E-state index in [0.717, 1.165) is 49.8 Å². The molecule has 2 aliphatic heterocycles. The summed E-state index contributed by atoms with van der Waals surface area (Å²) in [5.74, 6) is 0.142. The van der Waals surface area contributed by atoms with Crippen LogP contribution in [0.1, 0.15) is 23.5 Å². The number of hydrogen-bond donors (Lipinski definition) is 2. The maximum absolute atomic E-state index is 12.5. The minimum atomic E-state index is -0.384. The molecule has 3 rings (SSSR count). The molecule has 22 heavy (non-hydrogen) atoms. The van der Waals surface area contributed by atoms with Gasteiger partial charge in [0, 0.05) is 44.6 Å². The van der Waals surface area contributed by atoms with E-state index < -0.39 is 0 Å². The van der Waals surface area contributed by atoms with E-state index in [9.17, 15) is 9.90 Å². The fourth-order valence-electron chi connectivity index (χ4n) is 3.18. The second kappa shape index (κ2) is 7.04. The predicted molar refractivity (Wildman–Crippen MR) is 85.7 cm³/mol. The van der Waals surface area contributed by atoms with Gasteiger partial charge in [0.2, 0.25) is 5.91 Å². The van der Waals surface area contributed by atoms with Gasteiger partial charge in [-0.25, -0.2) is 4.98 Å². The van der Waals surface area contributed by atoms with E-state index in [2.05, 4.69) is 20.6 Å². The summed E-state index contributed by atoms with van der Waals surface area (Å²) < 4.78 is 0. The van der Waals surface area contributed by atoms with Crippen LogP contribution in [-0.4, -0.2) is 70.7 Å². The Morgan fingerprint density at radius 2 is 2.32 bits per heavy atom. The molecule has 0 radical (unpaired) electrons. The Hall–Kier alpha value is -1.02. The third kappa shape index (κ3) is 3.84. The second-order valence-electron chi connectivity index (χ2n) is 6.16. The Morgan fingerprint density at radius 1 is 1.45 bits per heavy atom. The summed E-state index contributed by atoms with van der Waals surface area (Å²) in [6, 6.07) is -0.206. The van der Waals surface area contributed by atoms with Gasteiger partial charge in [-0.1, -0.05) is 0 Å². The van der Waals surface area contributed by atoms with Crippen LogP contribution in [0.2, 0.25) is 0 Å². The molecule has 0 saturated carbocycles. The fraction of sp³-hybridized carbons (Fsp3) is 0.733. The van der Waals surface area contributed by atoms with Crippen LogP contribution in [0.25, 0.3) is 0 Å². The molecule has 1 aromatic rings. The van der Waals surface area contributed by atoms with Crippen molar-refractivity contribution >= 4 is 17.2 Å². The third-order valence-corrected chi connectivity index (χ3v) is 5.18. The van der Waals surface area contributed by atoms with E-state index in [0.29, 0.717) is 13.0 Å². The number of β-amino-alcohol motifs (C(OH)–C–C–N with tert-alkyl or cyclic N) is 1. The minimum Gasteiger partial charge on any atom is -0.392 e. The molecule has 7 heteroatoms. The first kappa shape index (κ1) is 15.9. The van der Waals surface area contributed by atoms with E-state index in [1.165, 1.54) is 0 Å². The van der Waals surface area contributed by atoms with Crippen molar-refractivity contribution in [2.45, 2.75) is 38.5 Å². The standard InChI is InChI=1S/C15H24N4O2S/c1-11-17-12(10-22-11)9-18-3-2-4-19(6-5-18)15(21)14-7-13(20)8-16-14/h10,13-14,16,20H,2-9H2,1H3/t13-,14-/m1/s1. The highest BCUT2D eigenvalue weighted by molar-refractivity contribution is 7.09. The van der Waals surface area contributed by atoms with Gasteiger partial charge in [0.1, 0.15) is 0 Å². The number of hydrogen-bond acceptors (Lipinski definition) is 6. The lowest BCUT2D eigenvalue weighted by molar-refractivity contribution is -0.133. The summed E-state index contributed by atoms with van der Waals surface area (Å²) in [7, 11) is 0. The molecule has 2 saturated heterocycles. The molecule has 0 bridgehead atoms. The van der Waals surface area contributed by atoms with Crippen LogP contribution in [0.4, 0.5) is 0 Å². The maximum Gasteiger partial charge on any atom is 0.239 e. The highest BCUT2D eigenvalue weighted by Crippen LogP contribution is 2.14. The quantitative estimate of drug-likeness (QED) is 0.832. The van der Waals surface area contributed by atoms with Crippen molar-refractivity contribution in [3.05, 3.63) is 16.1 Å². The molecule has 3 heterocycles. The summed E-state index contributed by atoms with van der Waals surface area (Å²) in [5.41, 5.74) is 1.13. The molecule has 6 nitrogen and oxygen atoms in total. The van der Waals surface area contributed by atoms with Crippen LogP contribution in [0.3, 0.4) is 0 Å². The summed E-state index contributed by atoms with van der Waals surface area (Å²) in [4.78, 5) is 21.3. The lowest BCUT2D eigenvalue weighted by Gasteiger charge is -2.24. The number of thiazole rings is 1. The van der Waals surface area contributed by atoms with Crippen LogP contribution in [0.15, 0.2) is 5.38 Å². The van der Waals surface area contributed by atoms with E-state index in [4.69, 9.17) is 0 Å². The lowest BCUT2D eigenvalue weighted by atomic mass is 10.2. The average Bonchev–Trinajstić information content (AvgIpc) is 3.02. The summed E-state index contributed by atoms with van der Waals surface area (Å²) in [6.45, 7) is 6.88. The van der Waals surface area contributed by atoms with Gasteiger partial charge < -0.3 is 15.3 Å². The molecule has 0 unspecified atom stereocenters. The van der Waals surface area contributed by atoms with Crippen LogP contribution >= 0.6 is 11.3 Å². The number of aryl methyl sites for hydroxylation is 1. The molecule has 1 aromatic heterocycles. The van der Waals surface area contributed by atoms with Gasteiger partial charge in [-0.15, -0.1) is 11.3 Å². The minimum absolute atomic E-state index is 0.142. The van der Waals surface area contributed by atoms with Gasteiger partial charge in [0.25, 0.3) is 0 Å². The first-order valence-corrected chi connectivity index (χ1v) is 8.83. The molecule has 0 aromatic carbocycles. The van der Waals surface area contributed by atoms with Crippen molar-refractivity contribution in [1.82, 2.24) is 20.1 Å². The Morgan fingerprint density at radius 3 is 3.00 bits per heavy atom. The number of amides is 1. The highest BCUT2D eigenvalue weighted by atomic mass is 32.1. The molecule has 0 spiro atoms. The van der Waals surface area contributed by atoms with Gasteiger partial charge in [0.05, 0.1) is 22.8 Å². The smallest absolute Gasteiger partial charge is 0.239 e. The van der Waals surface area contributed by atoms with Crippen LogP contribution in [0.5, 0.6) is 0 Å². The molecule has 1 amide bonds. The first-order chi connectivity index (χ1) is 10.6. The second-order valence-corrected chi connectivity index (χ2v) is 7.23. The SMILES string of the molecule is Cc1nc(CN2CCCN(C(=O)[C@H]3C[C@@H](O)CN3)CC2)cs1. The number of aliphatic hydroxyl groups is 1. The maximum atomic E-state index is 12.5. The van der Waals surface area contributed by atoms with Gasteiger partial charge in [-0.3, -0.25) is 9.69 Å². The zero-order valence-corrected chi connectivity index (χ0v) is 13.8. The molecule has 0 aliphatic carbocycles. The van der Waals surface area contributed by atoms with Crippen LogP contribution < -0.4 is 5.32 Å². The van der Waals surface area contributed by atoms with Crippen molar-refractivity contribution in [1.29, 1.82) is 0 Å². The van der Waals surface area contributed by atoms with Crippen molar-refractivity contribution < 1.29 is 9.90 Å². The van der Waals surface area contributed by atoms with Crippen LogP contribution in [0, 0.1) is 6.92 Å². The topological polar surface area (TPSA) is 68.7 Å². The largest absolute Gasteiger partial charge is 0.392 e. The summed E-state index contributed by atoms with van der Waals surface area (Å²) in [5, 5.41) is 15.9. The molecule has 122 valence electrons. The fourth-order valence-corrected chi connectivity index (χ4v) is 3.79. The van der Waals surface area contributed by atoms with Crippen molar-refractivity contribution in [2.75, 3.05) is 32.7 Å². The van der Waals surface area contributed by atoms with Crippen LogP contribution in [-0.2, 0) is 11.3 Å². The van der Waals surface area contributed by atoms with Crippen molar-refractivity contribution in [3.8, 4) is 0 Å². The number of aliphatic hydroxyl groups excluding tert-OH is 1. The molecule has 2 N–H and O–H groups in total. The first-order valence-electron chi connectivity index (χ1n) is 7.95. The van der Waals surface area contributed by atoms with Gasteiger partial charge in [0.15, 0.2) is 0 Å². The Labute approximate surface area is 135 Å². The monoisotopic (exact) mass is 324 g/mol. The zero-order valence-electron chi connectivity index (χ0n) is 13.0. The summed E-state index contributed by atoms with van der Waals surface area (Å²) in [6.07, 6.45) is 1.15. The zero-order chi connectivity index (χ0) is 15.5. The van der Waals surface area contributed by atoms with E-state index in [-0.39, 0.29) is 18.1 Å². The molecular formula is C15H24N4O2S. The Balaban J connectivity index is 1.52. The third-order valence-electron chi connectivity index (χ3n) is 4.36. The summed E-state index contributed by atoms with van der Waals surface area (Å²) >= 11 is 1.69. The van der Waals surface area contributed by atoms with E-state index >= 15 is 0 Å². The highest BCUT2D eigenvalue weighted by Gasteiger charge is 2.32. The molecular weight excluding hydrogens is 300 g/mol. The number of carbonyl (C=O) groups is 1. The average molecular weight is 324 g/mol. The molecule has 2 atom stereocenters. The van der Waals surface area contributed by atoms with Gasteiger partial charge >= 0.3 is 0 Å². The Bertz CT molecular complexity index is 521. The van der Waals surface area contributed by atoms with E-state index in [1.54, 1.807) is 11.3 Å². The van der Waals surface area contributed by atoms with Gasteiger partial charge in [-0.2, -0.15) is 0 Å². The predicted octanol–water partition coefficient (Wildman–Crippen LogP) is 0.209. The lowest BCUT2D eigenvalue weighted by Crippen LogP contribution is -2.45. The van der Waals surface area contributed by atoms with E-state index in [1.807, 2.05) is 11.8 Å². The number of rotatable bonds is 3. The molecule has 2 fully saturated rings. The number of nitrogens with zero attached hydrogens (tertiary/aromatic N) is 3. The normalized spacial score (nSPS) is 27.1. The van der Waals surface area contributed by atoms with Gasteiger partial charge in [-0.05, 0) is 19.8 Å². The van der Waals surface area contributed by atoms with Crippen molar-refractivity contribution in [3.63, 3.8) is 0 Å².